The summed E-state index contributed by atoms with van der Waals surface area (Å²) in [6.45, 7) is 5.86. The van der Waals surface area contributed by atoms with Crippen LogP contribution in [-0.2, 0) is 16.2 Å². The molecule has 0 radical (unpaired) electrons. The first kappa shape index (κ1) is 26.3. The Morgan fingerprint density at radius 1 is 1.00 bits per heavy atom. The molecule has 1 heterocycles. The minimum Gasteiger partial charge on any atom is -0.490 e. The molecule has 3 aromatic carbocycles. The van der Waals surface area contributed by atoms with Gasteiger partial charge in [-0.1, -0.05) is 24.3 Å². The normalized spacial score (nSPS) is 14.7. The predicted molar refractivity (Wildman–Crippen MR) is 146 cm³/mol. The highest BCUT2D eigenvalue weighted by Crippen LogP contribution is 2.36. The van der Waals surface area contributed by atoms with Crippen LogP contribution in [0.15, 0.2) is 60.2 Å². The van der Waals surface area contributed by atoms with E-state index in [0.29, 0.717) is 38.5 Å². The fourth-order valence-corrected chi connectivity index (χ4v) is 4.76. The zero-order valence-corrected chi connectivity index (χ0v) is 22.6. The van der Waals surface area contributed by atoms with Crippen LogP contribution in [0.2, 0.25) is 0 Å². The average Bonchev–Trinajstić information content (AvgIpc) is 2.82. The van der Waals surface area contributed by atoms with Gasteiger partial charge in [0.1, 0.15) is 18.0 Å². The van der Waals surface area contributed by atoms with Gasteiger partial charge in [-0.15, -0.1) is 0 Å². The maximum atomic E-state index is 14.0. The van der Waals surface area contributed by atoms with Crippen LogP contribution in [0.3, 0.4) is 0 Å². The molecule has 9 heteroatoms. The van der Waals surface area contributed by atoms with Crippen LogP contribution in [0.5, 0.6) is 11.5 Å². The number of rotatable bonds is 7. The Balaban J connectivity index is 1.68. The molecular weight excluding hydrogens is 590 g/mol. The Morgan fingerprint density at radius 3 is 2.38 bits per heavy atom. The number of hydrogen-bond acceptors (Lipinski definition) is 5. The lowest BCUT2D eigenvalue weighted by Crippen LogP contribution is -2.54. The summed E-state index contributed by atoms with van der Waals surface area (Å²) >= 11 is 2.05. The number of barbiturate groups is 1. The van der Waals surface area contributed by atoms with E-state index in [0.717, 1.165) is 16.0 Å². The molecule has 1 fully saturated rings. The summed E-state index contributed by atoms with van der Waals surface area (Å²) < 4.78 is 26.3. The summed E-state index contributed by atoms with van der Waals surface area (Å²) in [6, 6.07) is 14.2. The van der Waals surface area contributed by atoms with E-state index >= 15 is 0 Å². The monoisotopic (exact) mass is 614 g/mol. The van der Waals surface area contributed by atoms with E-state index in [9.17, 15) is 18.8 Å². The van der Waals surface area contributed by atoms with Gasteiger partial charge in [0, 0.05) is 5.56 Å². The fraction of sp³-hybridized carbons (Fsp3) is 0.179. The molecule has 0 spiro atoms. The van der Waals surface area contributed by atoms with Gasteiger partial charge in [0.25, 0.3) is 11.8 Å². The summed E-state index contributed by atoms with van der Waals surface area (Å²) in [5.74, 6) is -1.10. The van der Waals surface area contributed by atoms with Gasteiger partial charge in [0.05, 0.1) is 15.9 Å². The number of ether oxygens (including phenoxy) is 2. The Labute approximate surface area is 227 Å². The van der Waals surface area contributed by atoms with E-state index in [1.807, 2.05) is 26.8 Å². The SMILES string of the molecule is CCOc1cc(/C=C2\C(=O)NC(=O)N(c3cc(C)cc(C)c3)C2=O)cc(I)c1OCc1ccccc1F. The highest BCUT2D eigenvalue weighted by atomic mass is 127. The molecule has 3 aromatic rings. The standard InChI is InChI=1S/C28H24FIN2O5/c1-4-36-24-14-18(13-23(30)25(24)37-15-19-7-5-6-8-22(19)29)12-21-26(33)31-28(35)32(27(21)34)20-10-16(2)9-17(3)11-20/h5-14H,4,15H2,1-3H3,(H,31,33,35)/b21-12+. The number of nitrogens with one attached hydrogen (secondary N) is 1. The van der Waals surface area contributed by atoms with Crippen LogP contribution in [0.25, 0.3) is 6.08 Å². The number of benzene rings is 3. The summed E-state index contributed by atoms with van der Waals surface area (Å²) in [5, 5.41) is 2.24. The van der Waals surface area contributed by atoms with E-state index < -0.39 is 17.8 Å². The number of carbonyl (C=O) groups is 3. The first-order valence-corrected chi connectivity index (χ1v) is 12.6. The lowest BCUT2D eigenvalue weighted by Gasteiger charge is -2.27. The number of imide groups is 2. The van der Waals surface area contributed by atoms with Crippen molar-refractivity contribution in [2.24, 2.45) is 0 Å². The molecular formula is C28H24FIN2O5. The van der Waals surface area contributed by atoms with E-state index in [4.69, 9.17) is 9.47 Å². The van der Waals surface area contributed by atoms with Crippen molar-refractivity contribution in [2.75, 3.05) is 11.5 Å². The van der Waals surface area contributed by atoms with Crippen molar-refractivity contribution in [3.8, 4) is 11.5 Å². The first-order chi connectivity index (χ1) is 17.7. The van der Waals surface area contributed by atoms with Gasteiger partial charge in [-0.3, -0.25) is 14.9 Å². The number of carbonyl (C=O) groups excluding carboxylic acids is 3. The van der Waals surface area contributed by atoms with Crippen LogP contribution in [0.4, 0.5) is 14.9 Å². The summed E-state index contributed by atoms with van der Waals surface area (Å²) in [6.07, 6.45) is 1.41. The van der Waals surface area contributed by atoms with Crippen LogP contribution >= 0.6 is 22.6 Å². The van der Waals surface area contributed by atoms with E-state index in [2.05, 4.69) is 27.9 Å². The van der Waals surface area contributed by atoms with Gasteiger partial charge in [0.2, 0.25) is 0 Å². The smallest absolute Gasteiger partial charge is 0.335 e. The van der Waals surface area contributed by atoms with E-state index in [1.54, 1.807) is 42.5 Å². The number of anilines is 1. The molecule has 1 aliphatic rings. The molecule has 1 saturated heterocycles. The number of nitrogens with zero attached hydrogens (tertiary/aromatic N) is 1. The second-order valence-electron chi connectivity index (χ2n) is 8.45. The molecule has 0 bridgehead atoms. The first-order valence-electron chi connectivity index (χ1n) is 11.5. The fourth-order valence-electron chi connectivity index (χ4n) is 3.98. The second kappa shape index (κ2) is 11.1. The summed E-state index contributed by atoms with van der Waals surface area (Å²) in [7, 11) is 0. The molecule has 0 aromatic heterocycles. The maximum absolute atomic E-state index is 14.0. The summed E-state index contributed by atoms with van der Waals surface area (Å²) in [5.41, 5.74) is 2.82. The second-order valence-corrected chi connectivity index (χ2v) is 9.61. The van der Waals surface area contributed by atoms with Crippen LogP contribution < -0.4 is 19.7 Å². The quantitative estimate of drug-likeness (QED) is 0.210. The number of amides is 4. The van der Waals surface area contributed by atoms with Crippen molar-refractivity contribution in [3.05, 3.63) is 91.8 Å². The highest BCUT2D eigenvalue weighted by molar-refractivity contribution is 14.1. The van der Waals surface area contributed by atoms with Gasteiger partial charge in [-0.05, 0) is 96.5 Å². The number of halogens is 2. The average molecular weight is 614 g/mol. The molecule has 0 atom stereocenters. The third-order valence-electron chi connectivity index (χ3n) is 5.54. The Hall–Kier alpha value is -3.73. The lowest BCUT2D eigenvalue weighted by atomic mass is 10.0. The van der Waals surface area contributed by atoms with Gasteiger partial charge in [-0.25, -0.2) is 14.1 Å². The minimum atomic E-state index is -0.807. The molecule has 0 aliphatic carbocycles. The molecule has 1 N–H and O–H groups in total. The predicted octanol–water partition coefficient (Wildman–Crippen LogP) is 5.69. The Kier molecular flexibility index (Phi) is 7.91. The molecule has 0 unspecified atom stereocenters. The van der Waals surface area contributed by atoms with Crippen molar-refractivity contribution in [3.63, 3.8) is 0 Å². The highest BCUT2D eigenvalue weighted by Gasteiger charge is 2.37. The zero-order valence-electron chi connectivity index (χ0n) is 20.4. The summed E-state index contributed by atoms with van der Waals surface area (Å²) in [4.78, 5) is 39.5. The molecule has 0 saturated carbocycles. The van der Waals surface area contributed by atoms with Crippen molar-refractivity contribution < 1.29 is 28.2 Å². The van der Waals surface area contributed by atoms with Crippen molar-refractivity contribution in [1.29, 1.82) is 0 Å². The molecule has 37 heavy (non-hydrogen) atoms. The Bertz CT molecular complexity index is 1420. The van der Waals surface area contributed by atoms with E-state index in [-0.39, 0.29) is 18.0 Å². The molecule has 1 aliphatic heterocycles. The van der Waals surface area contributed by atoms with E-state index in [1.165, 1.54) is 12.1 Å². The van der Waals surface area contributed by atoms with Gasteiger partial charge >= 0.3 is 6.03 Å². The van der Waals surface area contributed by atoms with Crippen LogP contribution in [-0.4, -0.2) is 24.5 Å². The van der Waals surface area contributed by atoms with Crippen molar-refractivity contribution in [2.45, 2.75) is 27.4 Å². The van der Waals surface area contributed by atoms with Gasteiger partial charge < -0.3 is 9.47 Å². The maximum Gasteiger partial charge on any atom is 0.335 e. The number of urea groups is 1. The molecule has 190 valence electrons. The number of hydrogen-bond donors (Lipinski definition) is 1. The molecule has 4 rings (SSSR count). The van der Waals surface area contributed by atoms with Crippen molar-refractivity contribution in [1.82, 2.24) is 5.32 Å². The van der Waals surface area contributed by atoms with Crippen LogP contribution in [0.1, 0.15) is 29.2 Å². The number of aryl methyl sites for hydroxylation is 2. The third kappa shape index (κ3) is 5.82. The molecule has 7 nitrogen and oxygen atoms in total. The Morgan fingerprint density at radius 2 is 1.70 bits per heavy atom. The molecule has 4 amide bonds. The van der Waals surface area contributed by atoms with Crippen molar-refractivity contribution >= 4 is 52.2 Å². The topological polar surface area (TPSA) is 84.9 Å². The third-order valence-corrected chi connectivity index (χ3v) is 6.34. The van der Waals surface area contributed by atoms with Gasteiger partial charge in [-0.2, -0.15) is 0 Å². The van der Waals surface area contributed by atoms with Crippen LogP contribution in [0, 0.1) is 23.2 Å². The largest absolute Gasteiger partial charge is 0.490 e. The van der Waals surface area contributed by atoms with Gasteiger partial charge in [0.15, 0.2) is 11.5 Å². The lowest BCUT2D eigenvalue weighted by molar-refractivity contribution is -0.122. The zero-order chi connectivity index (χ0) is 26.7. The minimum absolute atomic E-state index is 0.00292.